The van der Waals surface area contributed by atoms with Crippen molar-refractivity contribution in [1.82, 2.24) is 0 Å². The highest BCUT2D eigenvalue weighted by atomic mass is 19.1. The van der Waals surface area contributed by atoms with Crippen LogP contribution in [-0.4, -0.2) is 28.1 Å². The number of carboxylic acids is 1. The second-order valence-electron chi connectivity index (χ2n) is 2.99. The number of carbonyl (C=O) groups is 2. The summed E-state index contributed by atoms with van der Waals surface area (Å²) < 4.78 is 12.5. The highest BCUT2D eigenvalue weighted by Crippen LogP contribution is 2.07. The van der Waals surface area contributed by atoms with Gasteiger partial charge < -0.3 is 10.2 Å². The van der Waals surface area contributed by atoms with Crippen LogP contribution in [0.3, 0.4) is 0 Å². The maximum Gasteiger partial charge on any atom is 0.332 e. The molecule has 5 heteroatoms. The van der Waals surface area contributed by atoms with Crippen molar-refractivity contribution in [2.45, 2.75) is 12.5 Å². The zero-order valence-corrected chi connectivity index (χ0v) is 7.68. The van der Waals surface area contributed by atoms with Crippen molar-refractivity contribution in [3.05, 3.63) is 35.6 Å². The molecule has 4 nitrogen and oxygen atoms in total. The van der Waals surface area contributed by atoms with Gasteiger partial charge in [0, 0.05) is 12.0 Å². The molecule has 1 rings (SSSR count). The number of hydrogen-bond donors (Lipinski definition) is 2. The van der Waals surface area contributed by atoms with Crippen molar-refractivity contribution in [2.24, 2.45) is 0 Å². The first-order valence-corrected chi connectivity index (χ1v) is 4.20. The van der Waals surface area contributed by atoms with Crippen LogP contribution in [0.25, 0.3) is 0 Å². The Bertz CT molecular complexity index is 372. The van der Waals surface area contributed by atoms with Gasteiger partial charge in [0.1, 0.15) is 5.82 Å². The third kappa shape index (κ3) is 3.14. The van der Waals surface area contributed by atoms with Gasteiger partial charge in [-0.25, -0.2) is 9.18 Å². The van der Waals surface area contributed by atoms with Gasteiger partial charge in [-0.1, -0.05) is 0 Å². The van der Waals surface area contributed by atoms with Crippen LogP contribution in [0.15, 0.2) is 24.3 Å². The molecule has 0 radical (unpaired) electrons. The molecule has 0 bridgehead atoms. The summed E-state index contributed by atoms with van der Waals surface area (Å²) in [4.78, 5) is 21.6. The molecule has 0 unspecified atom stereocenters. The molecule has 0 saturated heterocycles. The number of rotatable bonds is 4. The predicted octanol–water partition coefficient (Wildman–Crippen LogP) is 0.844. The van der Waals surface area contributed by atoms with Crippen LogP contribution in [0.1, 0.15) is 16.8 Å². The number of aliphatic carboxylic acids is 1. The van der Waals surface area contributed by atoms with Gasteiger partial charge in [0.25, 0.3) is 0 Å². The molecule has 0 aliphatic carbocycles. The molecule has 0 heterocycles. The van der Waals surface area contributed by atoms with Crippen molar-refractivity contribution >= 4 is 11.8 Å². The number of carbonyl (C=O) groups excluding carboxylic acids is 1. The Labute approximate surface area is 85.0 Å². The summed E-state index contributed by atoms with van der Waals surface area (Å²) in [5, 5.41) is 17.3. The Morgan fingerprint density at radius 2 is 1.80 bits per heavy atom. The second kappa shape index (κ2) is 4.65. The van der Waals surface area contributed by atoms with E-state index in [-0.39, 0.29) is 5.56 Å². The average Bonchev–Trinajstić information content (AvgIpc) is 2.18. The summed E-state index contributed by atoms with van der Waals surface area (Å²) in [7, 11) is 0. The number of carboxylic acid groups (broad SMARTS) is 1. The van der Waals surface area contributed by atoms with E-state index in [4.69, 9.17) is 10.2 Å². The summed E-state index contributed by atoms with van der Waals surface area (Å²) in [6.45, 7) is 0. The zero-order chi connectivity index (χ0) is 11.4. The quantitative estimate of drug-likeness (QED) is 0.725. The first kappa shape index (κ1) is 11.3. The SMILES string of the molecule is O=C(C[C@@H](O)C(=O)O)c1ccc(F)cc1. The lowest BCUT2D eigenvalue weighted by Gasteiger charge is -2.04. The summed E-state index contributed by atoms with van der Waals surface area (Å²) in [6.07, 6.45) is -2.23. The van der Waals surface area contributed by atoms with Crippen LogP contribution in [0.2, 0.25) is 0 Å². The Morgan fingerprint density at radius 3 is 2.27 bits per heavy atom. The van der Waals surface area contributed by atoms with E-state index in [1.54, 1.807) is 0 Å². The van der Waals surface area contributed by atoms with E-state index < -0.39 is 30.1 Å². The largest absolute Gasteiger partial charge is 0.479 e. The van der Waals surface area contributed by atoms with Gasteiger partial charge in [0.15, 0.2) is 11.9 Å². The predicted molar refractivity (Wildman–Crippen MR) is 49.0 cm³/mol. The number of halogens is 1. The van der Waals surface area contributed by atoms with E-state index in [0.29, 0.717) is 0 Å². The van der Waals surface area contributed by atoms with Gasteiger partial charge in [-0.3, -0.25) is 4.79 Å². The third-order valence-corrected chi connectivity index (χ3v) is 1.83. The molecule has 0 aliphatic heterocycles. The van der Waals surface area contributed by atoms with Gasteiger partial charge >= 0.3 is 5.97 Å². The lowest BCUT2D eigenvalue weighted by Crippen LogP contribution is -2.23. The normalized spacial score (nSPS) is 12.1. The monoisotopic (exact) mass is 212 g/mol. The van der Waals surface area contributed by atoms with E-state index in [0.717, 1.165) is 12.1 Å². The second-order valence-corrected chi connectivity index (χ2v) is 2.99. The summed E-state index contributed by atoms with van der Waals surface area (Å²) in [5.41, 5.74) is 0.178. The third-order valence-electron chi connectivity index (χ3n) is 1.83. The molecule has 1 atom stereocenters. The number of aliphatic hydroxyl groups excluding tert-OH is 1. The van der Waals surface area contributed by atoms with E-state index in [1.807, 2.05) is 0 Å². The van der Waals surface area contributed by atoms with Crippen LogP contribution < -0.4 is 0 Å². The molecule has 1 aromatic rings. The fourth-order valence-electron chi connectivity index (χ4n) is 1.02. The minimum absolute atomic E-state index is 0.178. The number of Topliss-reactive ketones (excluding diaryl/α,β-unsaturated/α-hetero) is 1. The molecule has 0 saturated carbocycles. The molecule has 0 amide bonds. The molecule has 15 heavy (non-hydrogen) atoms. The molecule has 2 N–H and O–H groups in total. The molecule has 1 aromatic carbocycles. The molecule has 0 spiro atoms. The molecular formula is C10H9FO4. The molecule has 80 valence electrons. The van der Waals surface area contributed by atoms with Gasteiger partial charge in [-0.15, -0.1) is 0 Å². The minimum atomic E-state index is -1.72. The van der Waals surface area contributed by atoms with E-state index in [1.165, 1.54) is 12.1 Å². The maximum atomic E-state index is 12.5. The van der Waals surface area contributed by atoms with Crippen molar-refractivity contribution in [1.29, 1.82) is 0 Å². The van der Waals surface area contributed by atoms with Gasteiger partial charge in [-0.05, 0) is 24.3 Å². The fraction of sp³-hybridized carbons (Fsp3) is 0.200. The van der Waals surface area contributed by atoms with Crippen LogP contribution in [0.4, 0.5) is 4.39 Å². The molecule has 0 fully saturated rings. The average molecular weight is 212 g/mol. The van der Waals surface area contributed by atoms with Crippen LogP contribution in [-0.2, 0) is 4.79 Å². The summed E-state index contributed by atoms with van der Waals surface area (Å²) in [5.74, 6) is -2.47. The first-order valence-electron chi connectivity index (χ1n) is 4.20. The Morgan fingerprint density at radius 1 is 1.27 bits per heavy atom. The number of hydrogen-bond acceptors (Lipinski definition) is 3. The van der Waals surface area contributed by atoms with Gasteiger partial charge in [-0.2, -0.15) is 0 Å². The molecule has 0 aliphatic rings. The lowest BCUT2D eigenvalue weighted by atomic mass is 10.1. The molecule has 0 aromatic heterocycles. The van der Waals surface area contributed by atoms with Crippen LogP contribution in [0.5, 0.6) is 0 Å². The maximum absolute atomic E-state index is 12.5. The van der Waals surface area contributed by atoms with Crippen molar-refractivity contribution in [2.75, 3.05) is 0 Å². The van der Waals surface area contributed by atoms with Crippen molar-refractivity contribution in [3.63, 3.8) is 0 Å². The van der Waals surface area contributed by atoms with E-state index in [2.05, 4.69) is 0 Å². The minimum Gasteiger partial charge on any atom is -0.479 e. The Hall–Kier alpha value is -1.75. The smallest absolute Gasteiger partial charge is 0.332 e. The van der Waals surface area contributed by atoms with E-state index >= 15 is 0 Å². The van der Waals surface area contributed by atoms with Crippen molar-refractivity contribution in [3.8, 4) is 0 Å². The Balaban J connectivity index is 2.69. The summed E-state index contributed by atoms with van der Waals surface area (Å²) in [6, 6.07) is 4.68. The molecular weight excluding hydrogens is 203 g/mol. The standard InChI is InChI=1S/C10H9FO4/c11-7-3-1-6(2-4-7)8(12)5-9(13)10(14)15/h1-4,9,13H,5H2,(H,14,15)/t9-/m1/s1. The van der Waals surface area contributed by atoms with E-state index in [9.17, 15) is 14.0 Å². The highest BCUT2D eigenvalue weighted by Gasteiger charge is 2.18. The Kier molecular flexibility index (Phi) is 3.51. The van der Waals surface area contributed by atoms with Crippen LogP contribution in [0, 0.1) is 5.82 Å². The van der Waals surface area contributed by atoms with Gasteiger partial charge in [0.2, 0.25) is 0 Å². The van der Waals surface area contributed by atoms with Crippen LogP contribution >= 0.6 is 0 Å². The fourth-order valence-corrected chi connectivity index (χ4v) is 1.02. The zero-order valence-electron chi connectivity index (χ0n) is 7.68. The number of benzene rings is 1. The number of ketones is 1. The van der Waals surface area contributed by atoms with Crippen molar-refractivity contribution < 1.29 is 24.2 Å². The first-order chi connectivity index (χ1) is 7.00. The topological polar surface area (TPSA) is 74.6 Å². The highest BCUT2D eigenvalue weighted by molar-refractivity contribution is 5.98. The summed E-state index contributed by atoms with van der Waals surface area (Å²) >= 11 is 0. The lowest BCUT2D eigenvalue weighted by molar-refractivity contribution is -0.146. The van der Waals surface area contributed by atoms with Gasteiger partial charge in [0.05, 0.1) is 0 Å². The number of aliphatic hydroxyl groups is 1.